The van der Waals surface area contributed by atoms with Gasteiger partial charge >= 0.3 is 0 Å². The van der Waals surface area contributed by atoms with Crippen LogP contribution in [0.15, 0.2) is 23.1 Å². The zero-order valence-corrected chi connectivity index (χ0v) is 11.7. The van der Waals surface area contributed by atoms with E-state index >= 15 is 0 Å². The molecular formula is C14H17NO2S. The maximum atomic E-state index is 12.1. The highest BCUT2D eigenvalue weighted by Crippen LogP contribution is 2.39. The van der Waals surface area contributed by atoms with E-state index in [1.807, 2.05) is 24.0 Å². The Kier molecular flexibility index (Phi) is 3.76. The minimum Gasteiger partial charge on any atom is -0.310 e. The van der Waals surface area contributed by atoms with Gasteiger partial charge in [-0.15, -0.1) is 11.8 Å². The highest BCUT2D eigenvalue weighted by Gasteiger charge is 2.30. The van der Waals surface area contributed by atoms with Crippen LogP contribution in [0, 0.1) is 0 Å². The van der Waals surface area contributed by atoms with Crippen LogP contribution < -0.4 is 4.90 Å². The summed E-state index contributed by atoms with van der Waals surface area (Å²) in [6.07, 6.45) is 0.928. The quantitative estimate of drug-likeness (QED) is 0.786. The Hall–Kier alpha value is -1.29. The second-order valence-electron chi connectivity index (χ2n) is 4.49. The molecule has 0 aromatic heterocycles. The molecule has 18 heavy (non-hydrogen) atoms. The third-order valence-electron chi connectivity index (χ3n) is 3.02. The number of Topliss-reactive ketones (excluding diaryl/α,β-unsaturated/α-hetero) is 1. The molecule has 0 N–H and O–H groups in total. The lowest BCUT2D eigenvalue weighted by Crippen LogP contribution is -2.40. The largest absolute Gasteiger partial charge is 0.310 e. The number of hydrogen-bond donors (Lipinski definition) is 0. The maximum Gasteiger partial charge on any atom is 0.240 e. The molecule has 0 radical (unpaired) electrons. The van der Waals surface area contributed by atoms with Crippen LogP contribution in [0.2, 0.25) is 0 Å². The molecule has 1 amide bonds. The molecule has 1 unspecified atom stereocenters. The van der Waals surface area contributed by atoms with Gasteiger partial charge in [-0.3, -0.25) is 9.59 Å². The van der Waals surface area contributed by atoms with Crippen molar-refractivity contribution in [3.05, 3.63) is 23.8 Å². The third-order valence-corrected chi connectivity index (χ3v) is 4.16. The molecule has 0 saturated carbocycles. The average Bonchev–Trinajstić information content (AvgIpc) is 2.34. The van der Waals surface area contributed by atoms with Gasteiger partial charge in [-0.05, 0) is 38.5 Å². The number of nitrogens with zero attached hydrogens (tertiary/aromatic N) is 1. The summed E-state index contributed by atoms with van der Waals surface area (Å²) in [5.74, 6) is 0.218. The number of rotatable bonds is 3. The van der Waals surface area contributed by atoms with Crippen molar-refractivity contribution in [3.63, 3.8) is 0 Å². The standard InChI is InChI=1S/C14H17NO2S/c1-4-7-15-12-6-5-11(9(2)16)8-13(12)18-10(3)14(15)17/h5-6,8,10H,4,7H2,1-3H3. The molecule has 1 atom stereocenters. The predicted octanol–water partition coefficient (Wildman–Crippen LogP) is 3.13. The van der Waals surface area contributed by atoms with E-state index in [-0.39, 0.29) is 16.9 Å². The summed E-state index contributed by atoms with van der Waals surface area (Å²) in [7, 11) is 0. The van der Waals surface area contributed by atoms with E-state index in [1.54, 1.807) is 13.0 Å². The van der Waals surface area contributed by atoms with Crippen LogP contribution in [-0.4, -0.2) is 23.5 Å². The fourth-order valence-corrected chi connectivity index (χ4v) is 3.19. The van der Waals surface area contributed by atoms with Crippen molar-refractivity contribution in [2.24, 2.45) is 0 Å². The number of anilines is 1. The zero-order chi connectivity index (χ0) is 13.3. The van der Waals surface area contributed by atoms with Crippen LogP contribution in [0.4, 0.5) is 5.69 Å². The topological polar surface area (TPSA) is 37.4 Å². The van der Waals surface area contributed by atoms with Gasteiger partial charge in [0.25, 0.3) is 0 Å². The first kappa shape index (κ1) is 13.1. The molecule has 0 aliphatic carbocycles. The predicted molar refractivity (Wildman–Crippen MR) is 74.4 cm³/mol. The minimum atomic E-state index is -0.0775. The molecule has 0 saturated heterocycles. The molecule has 1 aromatic rings. The molecule has 4 heteroatoms. The van der Waals surface area contributed by atoms with Crippen molar-refractivity contribution < 1.29 is 9.59 Å². The monoisotopic (exact) mass is 263 g/mol. The van der Waals surface area contributed by atoms with E-state index in [1.165, 1.54) is 11.8 Å². The number of fused-ring (bicyclic) bond motifs is 1. The van der Waals surface area contributed by atoms with Crippen molar-refractivity contribution in [2.75, 3.05) is 11.4 Å². The van der Waals surface area contributed by atoms with E-state index in [0.717, 1.165) is 23.5 Å². The lowest BCUT2D eigenvalue weighted by molar-refractivity contribution is -0.118. The molecule has 1 aromatic carbocycles. The van der Waals surface area contributed by atoms with Gasteiger partial charge in [0.05, 0.1) is 10.9 Å². The smallest absolute Gasteiger partial charge is 0.240 e. The second kappa shape index (κ2) is 5.14. The first-order valence-corrected chi connectivity index (χ1v) is 7.05. The number of carbonyl (C=O) groups is 2. The first-order valence-electron chi connectivity index (χ1n) is 6.17. The normalized spacial score (nSPS) is 18.7. The number of carbonyl (C=O) groups excluding carboxylic acids is 2. The SMILES string of the molecule is CCCN1C(=O)C(C)Sc2cc(C(C)=O)ccc21. The van der Waals surface area contributed by atoms with Crippen molar-refractivity contribution in [3.8, 4) is 0 Å². The summed E-state index contributed by atoms with van der Waals surface area (Å²) in [4.78, 5) is 26.4. The van der Waals surface area contributed by atoms with Gasteiger partial charge in [-0.25, -0.2) is 0 Å². The van der Waals surface area contributed by atoms with Crippen molar-refractivity contribution in [1.82, 2.24) is 0 Å². The van der Waals surface area contributed by atoms with Crippen molar-refractivity contribution in [1.29, 1.82) is 0 Å². The molecule has 0 spiro atoms. The van der Waals surface area contributed by atoms with Gasteiger partial charge in [-0.1, -0.05) is 6.92 Å². The highest BCUT2D eigenvalue weighted by atomic mass is 32.2. The van der Waals surface area contributed by atoms with Gasteiger partial charge in [0.15, 0.2) is 5.78 Å². The molecule has 96 valence electrons. The van der Waals surface area contributed by atoms with E-state index in [4.69, 9.17) is 0 Å². The fraction of sp³-hybridized carbons (Fsp3) is 0.429. The Balaban J connectivity index is 2.45. The number of benzene rings is 1. The van der Waals surface area contributed by atoms with E-state index < -0.39 is 0 Å². The number of ketones is 1. The van der Waals surface area contributed by atoms with Gasteiger partial charge in [0.2, 0.25) is 5.91 Å². The molecule has 1 heterocycles. The van der Waals surface area contributed by atoms with Crippen molar-refractivity contribution >= 4 is 29.1 Å². The van der Waals surface area contributed by atoms with Crippen LogP contribution in [-0.2, 0) is 4.79 Å². The Labute approximate surface area is 112 Å². The van der Waals surface area contributed by atoms with Crippen molar-refractivity contribution in [2.45, 2.75) is 37.3 Å². The number of thioether (sulfide) groups is 1. The van der Waals surface area contributed by atoms with E-state index in [2.05, 4.69) is 6.92 Å². The lowest BCUT2D eigenvalue weighted by Gasteiger charge is -2.32. The summed E-state index contributed by atoms with van der Waals surface area (Å²) in [6, 6.07) is 5.58. The Morgan fingerprint density at radius 2 is 2.17 bits per heavy atom. The summed E-state index contributed by atoms with van der Waals surface area (Å²) in [6.45, 7) is 6.27. The van der Waals surface area contributed by atoms with Crippen LogP contribution in [0.1, 0.15) is 37.6 Å². The van der Waals surface area contributed by atoms with Gasteiger partial charge in [0.1, 0.15) is 0 Å². The van der Waals surface area contributed by atoms with Gasteiger partial charge in [0, 0.05) is 17.0 Å². The first-order chi connectivity index (χ1) is 8.54. The molecular weight excluding hydrogens is 246 g/mol. The lowest BCUT2D eigenvalue weighted by atomic mass is 10.1. The minimum absolute atomic E-state index is 0.0602. The maximum absolute atomic E-state index is 12.1. The summed E-state index contributed by atoms with van der Waals surface area (Å²) >= 11 is 1.54. The van der Waals surface area contributed by atoms with E-state index in [9.17, 15) is 9.59 Å². The zero-order valence-electron chi connectivity index (χ0n) is 10.9. The van der Waals surface area contributed by atoms with Crippen LogP contribution in [0.25, 0.3) is 0 Å². The molecule has 3 nitrogen and oxygen atoms in total. The average molecular weight is 263 g/mol. The molecule has 1 aliphatic rings. The summed E-state index contributed by atoms with van der Waals surface area (Å²) in [5, 5.41) is -0.0775. The van der Waals surface area contributed by atoms with E-state index in [0.29, 0.717) is 5.56 Å². The molecule has 0 bridgehead atoms. The highest BCUT2D eigenvalue weighted by molar-refractivity contribution is 8.01. The van der Waals surface area contributed by atoms with Gasteiger partial charge in [-0.2, -0.15) is 0 Å². The molecule has 1 aliphatic heterocycles. The molecule has 0 fully saturated rings. The Bertz CT molecular complexity index is 499. The number of amides is 1. The van der Waals surface area contributed by atoms with Crippen LogP contribution in [0.5, 0.6) is 0 Å². The number of hydrogen-bond acceptors (Lipinski definition) is 3. The second-order valence-corrected chi connectivity index (χ2v) is 5.87. The van der Waals surface area contributed by atoms with Crippen LogP contribution >= 0.6 is 11.8 Å². The summed E-state index contributed by atoms with van der Waals surface area (Å²) < 4.78 is 0. The Morgan fingerprint density at radius 1 is 1.44 bits per heavy atom. The fourth-order valence-electron chi connectivity index (χ4n) is 2.08. The molecule has 2 rings (SSSR count). The third kappa shape index (κ3) is 2.29. The summed E-state index contributed by atoms with van der Waals surface area (Å²) in [5.41, 5.74) is 1.65. The van der Waals surface area contributed by atoms with Gasteiger partial charge < -0.3 is 4.90 Å². The Morgan fingerprint density at radius 3 is 2.78 bits per heavy atom. The van der Waals surface area contributed by atoms with Crippen LogP contribution in [0.3, 0.4) is 0 Å².